The molecule has 0 aliphatic heterocycles. The Balaban J connectivity index is 1.39. The van der Waals surface area contributed by atoms with E-state index in [1.165, 1.54) is 23.5 Å². The first-order valence-electron chi connectivity index (χ1n) is 9.17. The van der Waals surface area contributed by atoms with Crippen LogP contribution in [0.5, 0.6) is 5.06 Å². The molecule has 0 unspecified atom stereocenters. The van der Waals surface area contributed by atoms with Crippen LogP contribution in [0.1, 0.15) is 16.8 Å². The second-order valence-electron chi connectivity index (χ2n) is 6.52. The largest absolute Gasteiger partial charge is 0.413 e. The van der Waals surface area contributed by atoms with Gasteiger partial charge in [0.1, 0.15) is 16.5 Å². The standard InChI is InChI=1S/C21H18FN5O2S/c1-14-20(29-21(28)24-12-16-3-2-9-23-11-16)30-19(25-14)18-8-10-27(26-18)13-15-4-6-17(22)7-5-15/h2-11H,12-13H2,1H3,(H,24,28). The summed E-state index contributed by atoms with van der Waals surface area (Å²) in [7, 11) is 0. The fraction of sp³-hybridized carbons (Fsp3) is 0.143. The van der Waals surface area contributed by atoms with E-state index in [-0.39, 0.29) is 5.82 Å². The molecule has 0 aliphatic carbocycles. The number of rotatable bonds is 6. The molecule has 0 saturated carbocycles. The Morgan fingerprint density at radius 1 is 1.20 bits per heavy atom. The second-order valence-corrected chi connectivity index (χ2v) is 7.48. The number of nitrogens with one attached hydrogen (secondary N) is 1. The molecule has 0 radical (unpaired) electrons. The van der Waals surface area contributed by atoms with E-state index in [0.717, 1.165) is 11.1 Å². The minimum atomic E-state index is -0.556. The summed E-state index contributed by atoms with van der Waals surface area (Å²) >= 11 is 1.25. The topological polar surface area (TPSA) is 81.9 Å². The molecule has 0 atom stereocenters. The van der Waals surface area contributed by atoms with Crippen LogP contribution in [-0.2, 0) is 13.1 Å². The van der Waals surface area contributed by atoms with Crippen LogP contribution < -0.4 is 10.1 Å². The number of ether oxygens (including phenoxy) is 1. The van der Waals surface area contributed by atoms with Gasteiger partial charge in [-0.2, -0.15) is 5.10 Å². The third-order valence-corrected chi connectivity index (χ3v) is 5.27. The van der Waals surface area contributed by atoms with E-state index in [2.05, 4.69) is 20.4 Å². The normalized spacial score (nSPS) is 10.7. The Morgan fingerprint density at radius 2 is 2.03 bits per heavy atom. The zero-order chi connectivity index (χ0) is 20.9. The van der Waals surface area contributed by atoms with Crippen molar-refractivity contribution in [3.8, 4) is 15.8 Å². The molecule has 0 fully saturated rings. The van der Waals surface area contributed by atoms with Crippen molar-refractivity contribution in [2.24, 2.45) is 0 Å². The summed E-state index contributed by atoms with van der Waals surface area (Å²) in [5.74, 6) is -0.268. The Labute approximate surface area is 176 Å². The van der Waals surface area contributed by atoms with E-state index >= 15 is 0 Å². The van der Waals surface area contributed by atoms with Gasteiger partial charge < -0.3 is 10.1 Å². The molecule has 152 valence electrons. The van der Waals surface area contributed by atoms with Crippen LogP contribution in [0.25, 0.3) is 10.7 Å². The molecule has 0 saturated heterocycles. The van der Waals surface area contributed by atoms with Crippen molar-refractivity contribution in [3.05, 3.63) is 83.7 Å². The lowest BCUT2D eigenvalue weighted by molar-refractivity contribution is 0.201. The number of carbonyl (C=O) groups is 1. The van der Waals surface area contributed by atoms with Gasteiger partial charge >= 0.3 is 6.09 Å². The lowest BCUT2D eigenvalue weighted by Gasteiger charge is -2.04. The maximum Gasteiger partial charge on any atom is 0.413 e. The fourth-order valence-corrected chi connectivity index (χ4v) is 3.61. The molecule has 7 nitrogen and oxygen atoms in total. The predicted octanol–water partition coefficient (Wildman–Crippen LogP) is 4.19. The number of nitrogens with zero attached hydrogens (tertiary/aromatic N) is 4. The van der Waals surface area contributed by atoms with Crippen LogP contribution >= 0.6 is 11.3 Å². The van der Waals surface area contributed by atoms with Crippen LogP contribution in [0.2, 0.25) is 0 Å². The highest BCUT2D eigenvalue weighted by molar-refractivity contribution is 7.17. The number of aryl methyl sites for hydroxylation is 1. The van der Waals surface area contributed by atoms with Crippen LogP contribution in [-0.4, -0.2) is 25.8 Å². The minimum Gasteiger partial charge on any atom is -0.397 e. The highest BCUT2D eigenvalue weighted by Crippen LogP contribution is 2.32. The first-order chi connectivity index (χ1) is 14.6. The van der Waals surface area contributed by atoms with Crippen LogP contribution in [0.15, 0.2) is 61.1 Å². The number of thiazole rings is 1. The lowest BCUT2D eigenvalue weighted by Crippen LogP contribution is -2.26. The Morgan fingerprint density at radius 3 is 2.80 bits per heavy atom. The van der Waals surface area contributed by atoms with Gasteiger partial charge in [0.15, 0.2) is 0 Å². The SMILES string of the molecule is Cc1nc(-c2ccn(Cc3ccc(F)cc3)n2)sc1OC(=O)NCc1cccnc1. The maximum atomic E-state index is 13.0. The number of amides is 1. The summed E-state index contributed by atoms with van der Waals surface area (Å²) in [6.45, 7) is 2.62. The van der Waals surface area contributed by atoms with Crippen molar-refractivity contribution in [2.75, 3.05) is 0 Å². The van der Waals surface area contributed by atoms with E-state index in [1.807, 2.05) is 18.3 Å². The Kier molecular flexibility index (Phi) is 5.80. The number of halogens is 1. The van der Waals surface area contributed by atoms with Crippen LogP contribution in [0.3, 0.4) is 0 Å². The van der Waals surface area contributed by atoms with Gasteiger partial charge in [-0.1, -0.05) is 29.5 Å². The van der Waals surface area contributed by atoms with Crippen molar-refractivity contribution in [2.45, 2.75) is 20.0 Å². The van der Waals surface area contributed by atoms with Crippen molar-refractivity contribution in [1.82, 2.24) is 25.1 Å². The average molecular weight is 423 g/mol. The number of hydrogen-bond donors (Lipinski definition) is 1. The summed E-state index contributed by atoms with van der Waals surface area (Å²) in [5, 5.41) is 8.28. The molecular formula is C21H18FN5O2S. The zero-order valence-corrected chi connectivity index (χ0v) is 16.9. The van der Waals surface area contributed by atoms with Crippen molar-refractivity contribution >= 4 is 17.4 Å². The Bertz CT molecular complexity index is 1140. The molecule has 3 aromatic heterocycles. The molecule has 30 heavy (non-hydrogen) atoms. The number of pyridine rings is 1. The average Bonchev–Trinajstić information content (AvgIpc) is 3.36. The summed E-state index contributed by atoms with van der Waals surface area (Å²) in [4.78, 5) is 20.6. The number of carbonyl (C=O) groups excluding carboxylic acids is 1. The number of aromatic nitrogens is 4. The molecule has 0 bridgehead atoms. The van der Waals surface area contributed by atoms with Gasteiger partial charge in [-0.05, 0) is 42.3 Å². The molecule has 9 heteroatoms. The van der Waals surface area contributed by atoms with Gasteiger partial charge in [-0.25, -0.2) is 14.2 Å². The third-order valence-electron chi connectivity index (χ3n) is 4.22. The van der Waals surface area contributed by atoms with E-state index in [4.69, 9.17) is 4.74 Å². The first-order valence-corrected chi connectivity index (χ1v) is 9.99. The van der Waals surface area contributed by atoms with E-state index in [1.54, 1.807) is 42.2 Å². The fourth-order valence-electron chi connectivity index (χ4n) is 2.72. The molecule has 4 aromatic rings. The Hall–Kier alpha value is -3.59. The lowest BCUT2D eigenvalue weighted by atomic mass is 10.2. The summed E-state index contributed by atoms with van der Waals surface area (Å²) < 4.78 is 20.2. The summed E-state index contributed by atoms with van der Waals surface area (Å²) in [5.41, 5.74) is 3.11. The quantitative estimate of drug-likeness (QED) is 0.503. The van der Waals surface area contributed by atoms with E-state index in [9.17, 15) is 9.18 Å². The van der Waals surface area contributed by atoms with Crippen LogP contribution in [0.4, 0.5) is 9.18 Å². The smallest absolute Gasteiger partial charge is 0.397 e. The molecule has 0 spiro atoms. The zero-order valence-electron chi connectivity index (χ0n) is 16.1. The molecule has 3 heterocycles. The van der Waals surface area contributed by atoms with E-state index < -0.39 is 6.09 Å². The van der Waals surface area contributed by atoms with Gasteiger partial charge in [0.05, 0.1) is 12.2 Å². The molecule has 0 aliphatic rings. The number of benzene rings is 1. The minimum absolute atomic E-state index is 0.268. The van der Waals surface area contributed by atoms with Gasteiger partial charge in [0.25, 0.3) is 0 Å². The monoisotopic (exact) mass is 423 g/mol. The van der Waals surface area contributed by atoms with Gasteiger partial charge in [-0.3, -0.25) is 9.67 Å². The van der Waals surface area contributed by atoms with Crippen LogP contribution in [0, 0.1) is 12.7 Å². The summed E-state index contributed by atoms with van der Waals surface area (Å²) in [6.07, 6.45) is 4.62. The molecular weight excluding hydrogens is 405 g/mol. The summed E-state index contributed by atoms with van der Waals surface area (Å²) in [6, 6.07) is 11.8. The number of hydrogen-bond acceptors (Lipinski definition) is 6. The van der Waals surface area contributed by atoms with Crippen molar-refractivity contribution < 1.29 is 13.9 Å². The third kappa shape index (κ3) is 4.87. The molecule has 1 aromatic carbocycles. The molecule has 1 N–H and O–H groups in total. The first kappa shape index (κ1) is 19.7. The van der Waals surface area contributed by atoms with Gasteiger partial charge in [0.2, 0.25) is 5.06 Å². The molecule has 1 amide bonds. The highest BCUT2D eigenvalue weighted by Gasteiger charge is 2.16. The van der Waals surface area contributed by atoms with Crippen molar-refractivity contribution in [3.63, 3.8) is 0 Å². The molecule has 4 rings (SSSR count). The van der Waals surface area contributed by atoms with E-state index in [0.29, 0.717) is 34.5 Å². The highest BCUT2D eigenvalue weighted by atomic mass is 32.1. The van der Waals surface area contributed by atoms with Gasteiger partial charge in [-0.15, -0.1) is 0 Å². The van der Waals surface area contributed by atoms with Crippen molar-refractivity contribution in [1.29, 1.82) is 0 Å². The second kappa shape index (κ2) is 8.83. The van der Waals surface area contributed by atoms with Gasteiger partial charge in [0, 0.05) is 25.1 Å². The predicted molar refractivity (Wildman–Crippen MR) is 111 cm³/mol. The maximum absolute atomic E-state index is 13.0.